The summed E-state index contributed by atoms with van der Waals surface area (Å²) in [6.07, 6.45) is 1.87. The number of thioether (sulfide) groups is 1. The van der Waals surface area contributed by atoms with Crippen molar-refractivity contribution in [2.75, 3.05) is 11.9 Å². The predicted molar refractivity (Wildman–Crippen MR) is 91.9 cm³/mol. The van der Waals surface area contributed by atoms with Crippen molar-refractivity contribution in [3.63, 3.8) is 0 Å². The fraction of sp³-hybridized carbons (Fsp3) is 0.167. The zero-order valence-electron chi connectivity index (χ0n) is 12.0. The van der Waals surface area contributed by atoms with Gasteiger partial charge in [-0.3, -0.25) is 0 Å². The van der Waals surface area contributed by atoms with E-state index in [4.69, 9.17) is 0 Å². The molecule has 0 atom stereocenters. The van der Waals surface area contributed by atoms with E-state index in [9.17, 15) is 0 Å². The Labute approximate surface area is 129 Å². The first-order chi connectivity index (χ1) is 10.3. The molecule has 0 spiro atoms. The lowest BCUT2D eigenvalue weighted by Crippen LogP contribution is -1.99. The summed E-state index contributed by atoms with van der Waals surface area (Å²) in [4.78, 5) is 5.61. The largest absolute Gasteiger partial charge is 0.370 e. The summed E-state index contributed by atoms with van der Waals surface area (Å²) in [6, 6.07) is 19.3. The summed E-state index contributed by atoms with van der Waals surface area (Å²) < 4.78 is 0. The van der Waals surface area contributed by atoms with Crippen LogP contribution in [0.3, 0.4) is 0 Å². The molecular formula is C18H18N2S. The number of nitrogens with one attached hydrogen (secondary N) is 1. The second-order valence-corrected chi connectivity index (χ2v) is 5.93. The number of hydrogen-bond acceptors (Lipinski definition) is 3. The Hall–Kier alpha value is -2.00. The molecule has 0 aliphatic carbocycles. The Bertz CT molecular complexity index is 740. The summed E-state index contributed by atoms with van der Waals surface area (Å²) in [6.45, 7) is 2.98. The lowest BCUT2D eigenvalue weighted by atomic mass is 10.1. The number of anilines is 1. The van der Waals surface area contributed by atoms with Crippen molar-refractivity contribution >= 4 is 28.4 Å². The zero-order chi connectivity index (χ0) is 14.5. The van der Waals surface area contributed by atoms with Crippen molar-refractivity contribution in [2.45, 2.75) is 17.6 Å². The van der Waals surface area contributed by atoms with E-state index in [0.717, 1.165) is 18.1 Å². The van der Waals surface area contributed by atoms with Gasteiger partial charge in [0.05, 0.1) is 0 Å². The van der Waals surface area contributed by atoms with Gasteiger partial charge in [-0.05, 0) is 47.5 Å². The van der Waals surface area contributed by atoms with Crippen LogP contribution in [0.15, 0.2) is 65.7 Å². The van der Waals surface area contributed by atoms with E-state index >= 15 is 0 Å². The Morgan fingerprint density at radius 1 is 1.00 bits per heavy atom. The number of hydrogen-bond donors (Lipinski definition) is 1. The molecule has 1 heterocycles. The Morgan fingerprint density at radius 2 is 1.86 bits per heavy atom. The van der Waals surface area contributed by atoms with E-state index in [1.54, 1.807) is 0 Å². The Balaban J connectivity index is 1.72. The van der Waals surface area contributed by atoms with Gasteiger partial charge in [0.1, 0.15) is 5.82 Å². The van der Waals surface area contributed by atoms with Crippen LogP contribution in [-0.4, -0.2) is 11.5 Å². The Morgan fingerprint density at radius 3 is 2.71 bits per heavy atom. The standard InChI is InChI=1S/C18H18N2S/c1-2-19-18-11-14(9-10-20-18)13-21-17-8-7-15-5-3-4-6-16(15)12-17/h3-12H,2,13H2,1H3,(H,19,20). The van der Waals surface area contributed by atoms with Crippen molar-refractivity contribution < 1.29 is 0 Å². The molecule has 1 aromatic heterocycles. The maximum absolute atomic E-state index is 4.30. The first-order valence-electron chi connectivity index (χ1n) is 7.15. The second kappa shape index (κ2) is 6.64. The fourth-order valence-electron chi connectivity index (χ4n) is 2.27. The van der Waals surface area contributed by atoms with Gasteiger partial charge in [-0.1, -0.05) is 30.3 Å². The average molecular weight is 294 g/mol. The summed E-state index contributed by atoms with van der Waals surface area (Å²) in [5.74, 6) is 1.91. The number of rotatable bonds is 5. The summed E-state index contributed by atoms with van der Waals surface area (Å²) in [7, 11) is 0. The van der Waals surface area contributed by atoms with Gasteiger partial charge in [0, 0.05) is 23.4 Å². The smallest absolute Gasteiger partial charge is 0.126 e. The van der Waals surface area contributed by atoms with E-state index in [1.807, 2.05) is 18.0 Å². The van der Waals surface area contributed by atoms with E-state index < -0.39 is 0 Å². The first-order valence-corrected chi connectivity index (χ1v) is 8.14. The molecule has 3 rings (SSSR count). The molecule has 3 aromatic rings. The first kappa shape index (κ1) is 14.0. The van der Waals surface area contributed by atoms with Crippen LogP contribution in [0.4, 0.5) is 5.82 Å². The van der Waals surface area contributed by atoms with Gasteiger partial charge in [0.15, 0.2) is 0 Å². The number of fused-ring (bicyclic) bond motifs is 1. The van der Waals surface area contributed by atoms with Crippen LogP contribution < -0.4 is 5.32 Å². The fourth-order valence-corrected chi connectivity index (χ4v) is 3.15. The van der Waals surface area contributed by atoms with Crippen molar-refractivity contribution in [1.82, 2.24) is 4.98 Å². The lowest BCUT2D eigenvalue weighted by Gasteiger charge is -2.06. The van der Waals surface area contributed by atoms with Crippen molar-refractivity contribution in [3.8, 4) is 0 Å². The summed E-state index contributed by atoms with van der Waals surface area (Å²) >= 11 is 1.86. The monoisotopic (exact) mass is 294 g/mol. The second-order valence-electron chi connectivity index (χ2n) is 4.88. The molecule has 21 heavy (non-hydrogen) atoms. The molecule has 0 aliphatic heterocycles. The van der Waals surface area contributed by atoms with Gasteiger partial charge in [0.2, 0.25) is 0 Å². The molecule has 2 nitrogen and oxygen atoms in total. The lowest BCUT2D eigenvalue weighted by molar-refractivity contribution is 1.15. The molecule has 0 aliphatic rings. The maximum Gasteiger partial charge on any atom is 0.126 e. The van der Waals surface area contributed by atoms with E-state index in [-0.39, 0.29) is 0 Å². The third-order valence-electron chi connectivity index (χ3n) is 3.31. The molecule has 0 fully saturated rings. The third kappa shape index (κ3) is 3.56. The highest BCUT2D eigenvalue weighted by Gasteiger charge is 2.00. The van der Waals surface area contributed by atoms with E-state index in [2.05, 4.69) is 71.8 Å². The molecule has 0 bridgehead atoms. The number of pyridine rings is 1. The average Bonchev–Trinajstić information content (AvgIpc) is 2.53. The maximum atomic E-state index is 4.30. The van der Waals surface area contributed by atoms with Crippen LogP contribution in [-0.2, 0) is 5.75 Å². The topological polar surface area (TPSA) is 24.9 Å². The van der Waals surface area contributed by atoms with Gasteiger partial charge >= 0.3 is 0 Å². The van der Waals surface area contributed by atoms with Gasteiger partial charge in [-0.25, -0.2) is 4.98 Å². The minimum Gasteiger partial charge on any atom is -0.370 e. The normalized spacial score (nSPS) is 10.7. The van der Waals surface area contributed by atoms with Gasteiger partial charge < -0.3 is 5.32 Å². The van der Waals surface area contributed by atoms with Gasteiger partial charge in [-0.2, -0.15) is 0 Å². The highest BCUT2D eigenvalue weighted by atomic mass is 32.2. The summed E-state index contributed by atoms with van der Waals surface area (Å²) in [5, 5.41) is 5.84. The van der Waals surface area contributed by atoms with Crippen LogP contribution >= 0.6 is 11.8 Å². The molecule has 2 aromatic carbocycles. The molecule has 0 radical (unpaired) electrons. The van der Waals surface area contributed by atoms with Crippen molar-refractivity contribution in [3.05, 3.63) is 66.4 Å². The quantitative estimate of drug-likeness (QED) is 0.673. The predicted octanol–water partition coefficient (Wildman–Crippen LogP) is 4.96. The number of nitrogens with zero attached hydrogens (tertiary/aromatic N) is 1. The molecule has 0 amide bonds. The molecular weight excluding hydrogens is 276 g/mol. The third-order valence-corrected chi connectivity index (χ3v) is 4.37. The highest BCUT2D eigenvalue weighted by molar-refractivity contribution is 7.98. The molecule has 3 heteroatoms. The molecule has 0 saturated heterocycles. The molecule has 0 unspecified atom stereocenters. The minimum absolute atomic E-state index is 0.897. The number of benzene rings is 2. The van der Waals surface area contributed by atoms with Crippen molar-refractivity contribution in [2.24, 2.45) is 0 Å². The van der Waals surface area contributed by atoms with Crippen LogP contribution in [0.5, 0.6) is 0 Å². The van der Waals surface area contributed by atoms with E-state index in [0.29, 0.717) is 0 Å². The zero-order valence-corrected chi connectivity index (χ0v) is 12.9. The SMILES string of the molecule is CCNc1cc(CSc2ccc3ccccc3c2)ccn1. The molecule has 106 valence electrons. The van der Waals surface area contributed by atoms with E-state index in [1.165, 1.54) is 21.2 Å². The van der Waals surface area contributed by atoms with Crippen LogP contribution in [0.25, 0.3) is 10.8 Å². The van der Waals surface area contributed by atoms with Gasteiger partial charge in [0.25, 0.3) is 0 Å². The Kier molecular flexibility index (Phi) is 4.41. The highest BCUT2D eigenvalue weighted by Crippen LogP contribution is 2.26. The minimum atomic E-state index is 0.897. The van der Waals surface area contributed by atoms with Crippen LogP contribution in [0.1, 0.15) is 12.5 Å². The van der Waals surface area contributed by atoms with Crippen LogP contribution in [0.2, 0.25) is 0 Å². The van der Waals surface area contributed by atoms with Crippen LogP contribution in [0, 0.1) is 0 Å². The van der Waals surface area contributed by atoms with Gasteiger partial charge in [-0.15, -0.1) is 11.8 Å². The molecule has 1 N–H and O–H groups in total. The van der Waals surface area contributed by atoms with Crippen molar-refractivity contribution in [1.29, 1.82) is 0 Å². The summed E-state index contributed by atoms with van der Waals surface area (Å²) in [5.41, 5.74) is 1.29. The molecule has 0 saturated carbocycles. The number of aromatic nitrogens is 1.